The smallest absolute Gasteiger partial charge is 0.343 e. The average Bonchev–Trinajstić information content (AvgIpc) is 3.26. The van der Waals surface area contributed by atoms with Crippen molar-refractivity contribution in [2.75, 3.05) is 19.4 Å². The number of nitrogens with zero attached hydrogens (tertiary/aromatic N) is 5. The van der Waals surface area contributed by atoms with Gasteiger partial charge in [0.2, 0.25) is 0 Å². The minimum Gasteiger partial charge on any atom is -0.487 e. The SMILES string of the molecule is C/N=N\N(C)C(=O)Nc1cccc(C)c1COc1ccc(-n2nc(C(C)C)cc2C(C)C)cc1Cl. The van der Waals surface area contributed by atoms with E-state index in [1.54, 1.807) is 0 Å². The van der Waals surface area contributed by atoms with E-state index in [0.717, 1.165) is 33.2 Å². The van der Waals surface area contributed by atoms with Crippen LogP contribution >= 0.6 is 11.6 Å². The summed E-state index contributed by atoms with van der Waals surface area (Å²) in [5.74, 6) is 1.20. The fraction of sp³-hybridized carbons (Fsp3) is 0.385. The highest BCUT2D eigenvalue weighted by atomic mass is 35.5. The summed E-state index contributed by atoms with van der Waals surface area (Å²) in [6.45, 7) is 10.8. The maximum atomic E-state index is 12.4. The molecule has 3 aromatic rings. The van der Waals surface area contributed by atoms with Crippen LogP contribution in [-0.2, 0) is 6.61 Å². The predicted octanol–water partition coefficient (Wildman–Crippen LogP) is 7.12. The average molecular weight is 497 g/mol. The van der Waals surface area contributed by atoms with Gasteiger partial charge in [0.1, 0.15) is 12.4 Å². The first kappa shape index (κ1) is 26.2. The second-order valence-corrected chi connectivity index (χ2v) is 9.37. The molecular formula is C26H33ClN6O2. The Kier molecular flexibility index (Phi) is 8.51. The lowest BCUT2D eigenvalue weighted by molar-refractivity contribution is 0.221. The molecular weight excluding hydrogens is 464 g/mol. The number of aryl methyl sites for hydroxylation is 1. The van der Waals surface area contributed by atoms with Gasteiger partial charge in [0.25, 0.3) is 0 Å². The van der Waals surface area contributed by atoms with Crippen LogP contribution in [-0.4, -0.2) is 34.9 Å². The van der Waals surface area contributed by atoms with Crippen molar-refractivity contribution in [3.63, 3.8) is 0 Å². The van der Waals surface area contributed by atoms with Gasteiger partial charge < -0.3 is 10.1 Å². The van der Waals surface area contributed by atoms with Crippen molar-refractivity contribution >= 4 is 23.3 Å². The maximum Gasteiger partial charge on any atom is 0.343 e. The summed E-state index contributed by atoms with van der Waals surface area (Å²) in [4.78, 5) is 12.4. The van der Waals surface area contributed by atoms with Gasteiger partial charge in [-0.25, -0.2) is 9.48 Å². The molecule has 8 nitrogen and oxygen atoms in total. The summed E-state index contributed by atoms with van der Waals surface area (Å²) in [5, 5.41) is 16.6. The lowest BCUT2D eigenvalue weighted by Gasteiger charge is -2.17. The van der Waals surface area contributed by atoms with Crippen molar-refractivity contribution in [3.05, 3.63) is 70.0 Å². The molecule has 1 heterocycles. The van der Waals surface area contributed by atoms with Gasteiger partial charge >= 0.3 is 6.03 Å². The first-order valence-electron chi connectivity index (χ1n) is 11.6. The number of amides is 2. The van der Waals surface area contributed by atoms with Crippen LogP contribution in [0.1, 0.15) is 62.0 Å². The number of carbonyl (C=O) groups is 1. The van der Waals surface area contributed by atoms with E-state index >= 15 is 0 Å². The number of nitrogens with one attached hydrogen (secondary N) is 1. The minimum absolute atomic E-state index is 0.233. The molecule has 1 N–H and O–H groups in total. The summed E-state index contributed by atoms with van der Waals surface area (Å²) in [7, 11) is 3.04. The molecule has 0 spiro atoms. The molecule has 0 atom stereocenters. The van der Waals surface area contributed by atoms with Crippen molar-refractivity contribution in [2.24, 2.45) is 10.3 Å². The zero-order chi connectivity index (χ0) is 25.7. The molecule has 0 saturated heterocycles. The van der Waals surface area contributed by atoms with Crippen LogP contribution in [0.5, 0.6) is 5.75 Å². The highest BCUT2D eigenvalue weighted by Gasteiger charge is 2.17. The summed E-state index contributed by atoms with van der Waals surface area (Å²) in [5.41, 5.74) is 5.53. The van der Waals surface area contributed by atoms with Gasteiger partial charge in [-0.15, -0.1) is 0 Å². The second-order valence-electron chi connectivity index (χ2n) is 8.96. The van der Waals surface area contributed by atoms with Gasteiger partial charge in [-0.05, 0) is 54.7 Å². The van der Waals surface area contributed by atoms with Crippen molar-refractivity contribution in [2.45, 2.75) is 53.1 Å². The van der Waals surface area contributed by atoms with Gasteiger partial charge in [0.05, 0.1) is 23.5 Å². The molecule has 2 amide bonds. The first-order valence-corrected chi connectivity index (χ1v) is 12.0. The van der Waals surface area contributed by atoms with Gasteiger partial charge in [0.15, 0.2) is 0 Å². The molecule has 0 bridgehead atoms. The fourth-order valence-electron chi connectivity index (χ4n) is 3.59. The number of rotatable bonds is 8. The Bertz CT molecular complexity index is 1220. The lowest BCUT2D eigenvalue weighted by atomic mass is 10.1. The Hall–Kier alpha value is -3.39. The quantitative estimate of drug-likeness (QED) is 0.266. The third-order valence-electron chi connectivity index (χ3n) is 5.64. The number of benzene rings is 2. The highest BCUT2D eigenvalue weighted by Crippen LogP contribution is 2.31. The molecule has 0 aliphatic carbocycles. The van der Waals surface area contributed by atoms with Crippen molar-refractivity contribution < 1.29 is 9.53 Å². The fourth-order valence-corrected chi connectivity index (χ4v) is 3.81. The maximum absolute atomic E-state index is 12.4. The van der Waals surface area contributed by atoms with Gasteiger partial charge in [-0.1, -0.05) is 56.7 Å². The van der Waals surface area contributed by atoms with Gasteiger partial charge in [-0.2, -0.15) is 15.2 Å². The molecule has 0 saturated carbocycles. The first-order chi connectivity index (χ1) is 16.6. The predicted molar refractivity (Wildman–Crippen MR) is 140 cm³/mol. The molecule has 0 aliphatic heterocycles. The van der Waals surface area contributed by atoms with Gasteiger partial charge in [0, 0.05) is 24.0 Å². The monoisotopic (exact) mass is 496 g/mol. The number of urea groups is 1. The summed E-state index contributed by atoms with van der Waals surface area (Å²) in [6, 6.07) is 13.1. The zero-order valence-electron chi connectivity index (χ0n) is 21.3. The normalized spacial score (nSPS) is 11.5. The molecule has 0 aliphatic rings. The van der Waals surface area contributed by atoms with Crippen LogP contribution in [0.4, 0.5) is 10.5 Å². The molecule has 3 rings (SSSR count). The van der Waals surface area contributed by atoms with E-state index in [2.05, 4.69) is 49.4 Å². The highest BCUT2D eigenvalue weighted by molar-refractivity contribution is 6.32. The number of anilines is 1. The van der Waals surface area contributed by atoms with E-state index in [1.165, 1.54) is 14.1 Å². The van der Waals surface area contributed by atoms with E-state index in [4.69, 9.17) is 21.4 Å². The van der Waals surface area contributed by atoms with Crippen LogP contribution < -0.4 is 10.1 Å². The third-order valence-corrected chi connectivity index (χ3v) is 5.94. The molecule has 35 heavy (non-hydrogen) atoms. The Labute approximate surface area is 211 Å². The molecule has 0 unspecified atom stereocenters. The van der Waals surface area contributed by atoms with E-state index in [0.29, 0.717) is 28.3 Å². The van der Waals surface area contributed by atoms with Crippen LogP contribution in [0, 0.1) is 6.92 Å². The lowest BCUT2D eigenvalue weighted by Crippen LogP contribution is -2.27. The third kappa shape index (κ3) is 6.19. The number of aromatic nitrogens is 2. The van der Waals surface area contributed by atoms with E-state index in [-0.39, 0.29) is 6.61 Å². The molecule has 0 fully saturated rings. The van der Waals surface area contributed by atoms with Crippen LogP contribution in [0.25, 0.3) is 5.69 Å². The Morgan fingerprint density at radius 2 is 1.91 bits per heavy atom. The Morgan fingerprint density at radius 1 is 1.17 bits per heavy atom. The van der Waals surface area contributed by atoms with E-state index < -0.39 is 6.03 Å². The van der Waals surface area contributed by atoms with Crippen LogP contribution in [0.3, 0.4) is 0 Å². The molecule has 9 heteroatoms. The van der Waals surface area contributed by atoms with Crippen molar-refractivity contribution in [1.82, 2.24) is 14.8 Å². The summed E-state index contributed by atoms with van der Waals surface area (Å²) in [6.07, 6.45) is 0. The standard InChI is InChI=1S/C26H33ClN6O2/c1-16(2)23-14-24(17(3)4)33(30-23)19-11-12-25(21(27)13-19)35-15-20-18(5)9-8-10-22(20)29-26(34)32(7)31-28-6/h8-14,16-17H,15H2,1-7H3,(H,29,34)/b31-28-. The van der Waals surface area contributed by atoms with Crippen LogP contribution in [0.15, 0.2) is 52.8 Å². The zero-order valence-corrected chi connectivity index (χ0v) is 22.1. The number of hydrogen-bond acceptors (Lipinski definition) is 5. The molecule has 186 valence electrons. The van der Waals surface area contributed by atoms with Crippen molar-refractivity contribution in [3.8, 4) is 11.4 Å². The van der Waals surface area contributed by atoms with E-state index in [9.17, 15) is 4.79 Å². The van der Waals surface area contributed by atoms with E-state index in [1.807, 2.05) is 48.0 Å². The molecule has 0 radical (unpaired) electrons. The Balaban J connectivity index is 1.82. The molecule has 1 aromatic heterocycles. The summed E-state index contributed by atoms with van der Waals surface area (Å²) >= 11 is 6.62. The Morgan fingerprint density at radius 3 is 2.54 bits per heavy atom. The number of hydrogen-bond donors (Lipinski definition) is 1. The van der Waals surface area contributed by atoms with Crippen molar-refractivity contribution in [1.29, 1.82) is 0 Å². The second kappa shape index (κ2) is 11.4. The van der Waals surface area contributed by atoms with Gasteiger partial charge in [-0.3, -0.25) is 0 Å². The van der Waals surface area contributed by atoms with Crippen LogP contribution in [0.2, 0.25) is 5.02 Å². The molecule has 2 aromatic carbocycles. The number of ether oxygens (including phenoxy) is 1. The largest absolute Gasteiger partial charge is 0.487 e. The number of halogens is 1. The number of carbonyl (C=O) groups excluding carboxylic acids is 1. The minimum atomic E-state index is -0.397. The topological polar surface area (TPSA) is 84.1 Å². The summed E-state index contributed by atoms with van der Waals surface area (Å²) < 4.78 is 8.03.